The fraction of sp³-hybridized carbons (Fsp3) is 0.111. The molecule has 2 N–H and O–H groups in total. The lowest BCUT2D eigenvalue weighted by atomic mass is 10.1. The first kappa shape index (κ1) is 9.11. The predicted molar refractivity (Wildman–Crippen MR) is 53.7 cm³/mol. The van der Waals surface area contributed by atoms with E-state index in [2.05, 4.69) is 0 Å². The van der Waals surface area contributed by atoms with E-state index in [0.29, 0.717) is 15.8 Å². The fourth-order valence-corrected chi connectivity index (χ4v) is 1.92. The first-order valence-corrected chi connectivity index (χ1v) is 4.80. The van der Waals surface area contributed by atoms with Crippen molar-refractivity contribution < 1.29 is 9.21 Å². The number of benzene rings is 1. The van der Waals surface area contributed by atoms with Gasteiger partial charge in [0.15, 0.2) is 11.4 Å². The maximum Gasteiger partial charge on any atom is 0.396 e. The molecule has 72 valence electrons. The van der Waals surface area contributed by atoms with Crippen LogP contribution >= 0.6 is 11.3 Å². The molecule has 0 spiro atoms. The van der Waals surface area contributed by atoms with Crippen LogP contribution in [0.3, 0.4) is 0 Å². The van der Waals surface area contributed by atoms with Crippen molar-refractivity contribution in [3.63, 3.8) is 0 Å². The van der Waals surface area contributed by atoms with Gasteiger partial charge in [-0.25, -0.2) is 4.79 Å². The van der Waals surface area contributed by atoms with Gasteiger partial charge in [-0.2, -0.15) is 0 Å². The fourth-order valence-electron chi connectivity index (χ4n) is 1.22. The van der Waals surface area contributed by atoms with Crippen molar-refractivity contribution in [2.45, 2.75) is 0 Å². The lowest BCUT2D eigenvalue weighted by Crippen LogP contribution is -2.13. The Labute approximate surface area is 83.0 Å². The molecule has 0 saturated carbocycles. The Bertz CT molecular complexity index is 540. The zero-order chi connectivity index (χ0) is 10.1. The number of carbonyl (C=O) groups excluding carboxylic acids is 1. The molecule has 0 fully saturated rings. The number of hydrogen-bond acceptors (Lipinski definition) is 5. The van der Waals surface area contributed by atoms with Crippen molar-refractivity contribution in [1.29, 1.82) is 0 Å². The second kappa shape index (κ2) is 3.36. The van der Waals surface area contributed by atoms with Gasteiger partial charge in [0.05, 0.1) is 16.8 Å². The van der Waals surface area contributed by atoms with Gasteiger partial charge < -0.3 is 10.2 Å². The van der Waals surface area contributed by atoms with Gasteiger partial charge in [0.25, 0.3) is 0 Å². The molecule has 14 heavy (non-hydrogen) atoms. The highest BCUT2D eigenvalue weighted by molar-refractivity contribution is 7.16. The van der Waals surface area contributed by atoms with Gasteiger partial charge in [0, 0.05) is 0 Å². The van der Waals surface area contributed by atoms with E-state index in [4.69, 9.17) is 10.2 Å². The number of Topliss-reactive ketones (excluding diaryl/α,β-unsaturated/α-hetero) is 1. The lowest BCUT2D eigenvalue weighted by molar-refractivity contribution is 0.100. The van der Waals surface area contributed by atoms with E-state index in [-0.39, 0.29) is 12.3 Å². The molecular weight excluding hydrogens is 202 g/mol. The van der Waals surface area contributed by atoms with Crippen LogP contribution in [-0.4, -0.2) is 12.3 Å². The Hall–Kier alpha value is -1.46. The Morgan fingerprint density at radius 2 is 2.29 bits per heavy atom. The van der Waals surface area contributed by atoms with Gasteiger partial charge in [0.2, 0.25) is 0 Å². The lowest BCUT2D eigenvalue weighted by Gasteiger charge is -1.96. The summed E-state index contributed by atoms with van der Waals surface area (Å²) in [5, 5.41) is 0. The zero-order valence-corrected chi connectivity index (χ0v) is 7.97. The molecule has 1 heterocycles. The topological polar surface area (TPSA) is 73.3 Å². The molecule has 1 aromatic heterocycles. The van der Waals surface area contributed by atoms with Gasteiger partial charge >= 0.3 is 4.94 Å². The number of nitrogens with two attached hydrogens (primary N) is 1. The van der Waals surface area contributed by atoms with Crippen LogP contribution < -0.4 is 10.7 Å². The summed E-state index contributed by atoms with van der Waals surface area (Å²) in [4.78, 5) is 21.9. The summed E-state index contributed by atoms with van der Waals surface area (Å²) in [5.74, 6) is -0.225. The van der Waals surface area contributed by atoms with Crippen molar-refractivity contribution >= 4 is 27.4 Å². The van der Waals surface area contributed by atoms with Gasteiger partial charge in [-0.15, -0.1) is 0 Å². The summed E-state index contributed by atoms with van der Waals surface area (Å²) in [5.41, 5.74) is 5.96. The summed E-state index contributed by atoms with van der Waals surface area (Å²) in [6.45, 7) is -0.0847. The number of carbonyl (C=O) groups is 1. The van der Waals surface area contributed by atoms with E-state index >= 15 is 0 Å². The van der Waals surface area contributed by atoms with Gasteiger partial charge in [-0.1, -0.05) is 17.4 Å². The van der Waals surface area contributed by atoms with Crippen LogP contribution in [0, 0.1) is 0 Å². The summed E-state index contributed by atoms with van der Waals surface area (Å²) in [7, 11) is 0. The largest absolute Gasteiger partial charge is 0.413 e. The van der Waals surface area contributed by atoms with E-state index in [1.54, 1.807) is 18.2 Å². The number of fused-ring (bicyclic) bond motifs is 1. The van der Waals surface area contributed by atoms with E-state index in [1.165, 1.54) is 0 Å². The number of hydrogen-bond donors (Lipinski definition) is 1. The van der Waals surface area contributed by atoms with Crippen LogP contribution in [0.15, 0.2) is 27.4 Å². The highest BCUT2D eigenvalue weighted by Crippen LogP contribution is 2.20. The average molecular weight is 209 g/mol. The van der Waals surface area contributed by atoms with Crippen molar-refractivity contribution in [2.24, 2.45) is 5.73 Å². The number of rotatable bonds is 2. The predicted octanol–water partition coefficient (Wildman–Crippen LogP) is 0.996. The van der Waals surface area contributed by atoms with Crippen molar-refractivity contribution in [3.8, 4) is 0 Å². The summed E-state index contributed by atoms with van der Waals surface area (Å²) >= 11 is 0.979. The van der Waals surface area contributed by atoms with Gasteiger partial charge in [0.1, 0.15) is 0 Å². The minimum atomic E-state index is -0.405. The molecule has 0 atom stereocenters. The van der Waals surface area contributed by atoms with Crippen molar-refractivity contribution in [3.05, 3.63) is 33.5 Å². The molecule has 0 unspecified atom stereocenters. The van der Waals surface area contributed by atoms with Crippen LogP contribution in [-0.2, 0) is 0 Å². The molecule has 0 aliphatic rings. The standard InChI is InChI=1S/C9H7NO3S/c10-4-6(11)5-2-1-3-7-8(5)13-9(12)14-7/h1-3H,4,10H2. The SMILES string of the molecule is NCC(=O)c1cccc2sc(=O)oc12. The quantitative estimate of drug-likeness (QED) is 0.749. The third-order valence-electron chi connectivity index (χ3n) is 1.84. The zero-order valence-electron chi connectivity index (χ0n) is 7.15. The molecule has 5 heteroatoms. The Balaban J connectivity index is 2.76. The molecule has 1 aromatic carbocycles. The van der Waals surface area contributed by atoms with Crippen molar-refractivity contribution in [2.75, 3.05) is 6.54 Å². The minimum absolute atomic E-state index is 0.0847. The highest BCUT2D eigenvalue weighted by Gasteiger charge is 2.12. The van der Waals surface area contributed by atoms with Gasteiger partial charge in [-0.3, -0.25) is 4.79 Å². The maximum atomic E-state index is 11.4. The van der Waals surface area contributed by atoms with E-state index in [1.807, 2.05) is 0 Å². The minimum Gasteiger partial charge on any atom is -0.413 e. The molecule has 0 aliphatic carbocycles. The monoisotopic (exact) mass is 209 g/mol. The molecule has 0 bridgehead atoms. The molecule has 0 radical (unpaired) electrons. The summed E-state index contributed by atoms with van der Waals surface area (Å²) in [6, 6.07) is 5.04. The second-order valence-electron chi connectivity index (χ2n) is 2.71. The summed E-state index contributed by atoms with van der Waals surface area (Å²) in [6.07, 6.45) is 0. The van der Waals surface area contributed by atoms with Crippen molar-refractivity contribution in [1.82, 2.24) is 0 Å². The van der Waals surface area contributed by atoms with E-state index < -0.39 is 4.94 Å². The molecule has 4 nitrogen and oxygen atoms in total. The maximum absolute atomic E-state index is 11.4. The number of ketones is 1. The average Bonchev–Trinajstić information content (AvgIpc) is 2.56. The normalized spacial score (nSPS) is 10.6. The molecule has 0 saturated heterocycles. The molecular formula is C9H7NO3S. The highest BCUT2D eigenvalue weighted by atomic mass is 32.1. The number of para-hydroxylation sites is 1. The van der Waals surface area contributed by atoms with E-state index in [0.717, 1.165) is 11.3 Å². The molecule has 2 rings (SSSR count). The van der Waals surface area contributed by atoms with E-state index in [9.17, 15) is 9.59 Å². The molecule has 0 amide bonds. The van der Waals surface area contributed by atoms with Crippen LogP contribution in [0.1, 0.15) is 10.4 Å². The first-order chi connectivity index (χ1) is 6.72. The second-order valence-corrected chi connectivity index (χ2v) is 3.69. The molecule has 0 aliphatic heterocycles. The Morgan fingerprint density at radius 3 is 3.00 bits per heavy atom. The van der Waals surface area contributed by atoms with Crippen LogP contribution in [0.2, 0.25) is 0 Å². The Morgan fingerprint density at radius 1 is 1.50 bits per heavy atom. The van der Waals surface area contributed by atoms with Crippen LogP contribution in [0.25, 0.3) is 10.3 Å². The van der Waals surface area contributed by atoms with Gasteiger partial charge in [-0.05, 0) is 12.1 Å². The first-order valence-electron chi connectivity index (χ1n) is 3.98. The third kappa shape index (κ3) is 1.36. The smallest absolute Gasteiger partial charge is 0.396 e. The third-order valence-corrected chi connectivity index (χ3v) is 2.63. The van der Waals surface area contributed by atoms with Crippen LogP contribution in [0.5, 0.6) is 0 Å². The molecule has 2 aromatic rings. The van der Waals surface area contributed by atoms with Crippen LogP contribution in [0.4, 0.5) is 0 Å². The summed E-state index contributed by atoms with van der Waals surface area (Å²) < 4.78 is 5.58. The Kier molecular flexibility index (Phi) is 2.18.